The van der Waals surface area contributed by atoms with Gasteiger partial charge in [0.25, 0.3) is 0 Å². The van der Waals surface area contributed by atoms with Crippen LogP contribution in [0, 0.1) is 6.92 Å². The summed E-state index contributed by atoms with van der Waals surface area (Å²) in [5.41, 5.74) is 3.00. The number of allylic oxidation sites excluding steroid dienone is 1. The van der Waals surface area contributed by atoms with Gasteiger partial charge >= 0.3 is 0 Å². The molecule has 21 heavy (non-hydrogen) atoms. The Balaban J connectivity index is 2.13. The van der Waals surface area contributed by atoms with Crippen molar-refractivity contribution in [1.82, 2.24) is 4.72 Å². The molecular formula is C17H19NO2S. The molecule has 0 saturated carbocycles. The predicted molar refractivity (Wildman–Crippen MR) is 86.5 cm³/mol. The number of hydrogen-bond acceptors (Lipinski definition) is 2. The predicted octanol–water partition coefficient (Wildman–Crippen LogP) is 3.38. The zero-order valence-corrected chi connectivity index (χ0v) is 13.0. The maximum Gasteiger partial charge on any atom is 0.240 e. The second-order valence-electron chi connectivity index (χ2n) is 4.82. The van der Waals surface area contributed by atoms with Gasteiger partial charge in [0.2, 0.25) is 10.0 Å². The van der Waals surface area contributed by atoms with E-state index in [1.165, 1.54) is 0 Å². The quantitative estimate of drug-likeness (QED) is 0.920. The molecule has 0 radical (unpaired) electrons. The summed E-state index contributed by atoms with van der Waals surface area (Å²) < 4.78 is 27.2. The second kappa shape index (κ2) is 6.70. The number of benzene rings is 2. The molecule has 0 aliphatic rings. The third-order valence-corrected chi connectivity index (χ3v) is 4.69. The van der Waals surface area contributed by atoms with Crippen LogP contribution < -0.4 is 4.72 Å². The molecule has 2 aromatic rings. The highest BCUT2D eigenvalue weighted by Crippen LogP contribution is 2.15. The minimum Gasteiger partial charge on any atom is -0.207 e. The topological polar surface area (TPSA) is 46.2 Å². The summed E-state index contributed by atoms with van der Waals surface area (Å²) in [4.78, 5) is 0.289. The number of nitrogens with one attached hydrogen (secondary N) is 1. The van der Waals surface area contributed by atoms with Gasteiger partial charge in [0, 0.05) is 6.54 Å². The Hall–Kier alpha value is -1.91. The van der Waals surface area contributed by atoms with Crippen LogP contribution in [0.25, 0.3) is 5.57 Å². The lowest BCUT2D eigenvalue weighted by molar-refractivity contribution is 0.586. The fourth-order valence-electron chi connectivity index (χ4n) is 2.00. The molecular weight excluding hydrogens is 282 g/mol. The van der Waals surface area contributed by atoms with Crippen molar-refractivity contribution in [3.63, 3.8) is 0 Å². The summed E-state index contributed by atoms with van der Waals surface area (Å²) in [7, 11) is -3.48. The smallest absolute Gasteiger partial charge is 0.207 e. The lowest BCUT2D eigenvalue weighted by Gasteiger charge is -2.10. The van der Waals surface area contributed by atoms with Crippen molar-refractivity contribution in [3.8, 4) is 0 Å². The average Bonchev–Trinajstić information content (AvgIpc) is 2.49. The van der Waals surface area contributed by atoms with Crippen molar-refractivity contribution in [1.29, 1.82) is 0 Å². The summed E-state index contributed by atoms with van der Waals surface area (Å²) in [6, 6.07) is 16.6. The summed E-state index contributed by atoms with van der Waals surface area (Å²) in [5.74, 6) is 0. The van der Waals surface area contributed by atoms with Gasteiger partial charge in [0.05, 0.1) is 4.90 Å². The van der Waals surface area contributed by atoms with Crippen LogP contribution in [0.2, 0.25) is 0 Å². The van der Waals surface area contributed by atoms with E-state index in [1.807, 2.05) is 50.3 Å². The highest BCUT2D eigenvalue weighted by Gasteiger charge is 2.14. The number of hydrogen-bond donors (Lipinski definition) is 1. The van der Waals surface area contributed by atoms with E-state index in [4.69, 9.17) is 0 Å². The van der Waals surface area contributed by atoms with Crippen molar-refractivity contribution in [2.75, 3.05) is 6.54 Å². The third-order valence-electron chi connectivity index (χ3n) is 3.28. The molecule has 0 aromatic heterocycles. The Kier molecular flexibility index (Phi) is 4.94. The lowest BCUT2D eigenvalue weighted by atomic mass is 10.1. The van der Waals surface area contributed by atoms with E-state index < -0.39 is 10.0 Å². The molecule has 0 aliphatic carbocycles. The van der Waals surface area contributed by atoms with Crippen molar-refractivity contribution in [3.05, 3.63) is 71.8 Å². The standard InChI is InChI=1S/C17H19NO2S/c1-3-15(16-7-5-4-6-8-16)13-18-21(19,20)17-11-9-14(2)10-12-17/h3-12,18H,13H2,1-2H3. The fraction of sp³-hybridized carbons (Fsp3) is 0.176. The molecule has 0 saturated heterocycles. The molecule has 110 valence electrons. The summed E-state index contributed by atoms with van der Waals surface area (Å²) in [5, 5.41) is 0. The molecule has 0 unspecified atom stereocenters. The average molecular weight is 301 g/mol. The van der Waals surface area contributed by atoms with Crippen LogP contribution in [0.4, 0.5) is 0 Å². The van der Waals surface area contributed by atoms with Crippen molar-refractivity contribution >= 4 is 15.6 Å². The van der Waals surface area contributed by atoms with E-state index in [1.54, 1.807) is 24.3 Å². The highest BCUT2D eigenvalue weighted by atomic mass is 32.2. The van der Waals surface area contributed by atoms with Crippen LogP contribution in [0.1, 0.15) is 18.1 Å². The Morgan fingerprint density at radius 1 is 1.05 bits per heavy atom. The molecule has 0 atom stereocenters. The zero-order chi connectivity index (χ0) is 15.3. The Morgan fingerprint density at radius 3 is 2.24 bits per heavy atom. The number of sulfonamides is 1. The van der Waals surface area contributed by atoms with E-state index in [0.29, 0.717) is 0 Å². The van der Waals surface area contributed by atoms with Crippen molar-refractivity contribution in [2.24, 2.45) is 0 Å². The molecule has 2 aromatic carbocycles. The summed E-state index contributed by atoms with van der Waals surface area (Å²) >= 11 is 0. The molecule has 1 N–H and O–H groups in total. The number of rotatable bonds is 5. The van der Waals surface area contributed by atoms with Crippen LogP contribution in [-0.2, 0) is 10.0 Å². The minimum absolute atomic E-state index is 0.275. The monoisotopic (exact) mass is 301 g/mol. The van der Waals surface area contributed by atoms with E-state index in [9.17, 15) is 8.42 Å². The first-order valence-corrected chi connectivity index (χ1v) is 8.28. The van der Waals surface area contributed by atoms with E-state index in [0.717, 1.165) is 16.7 Å². The Morgan fingerprint density at radius 2 is 1.67 bits per heavy atom. The second-order valence-corrected chi connectivity index (χ2v) is 6.58. The Labute approximate surface area is 126 Å². The molecule has 0 spiro atoms. The molecule has 0 fully saturated rings. The van der Waals surface area contributed by atoms with Crippen LogP contribution in [-0.4, -0.2) is 15.0 Å². The molecule has 3 nitrogen and oxygen atoms in total. The first-order valence-electron chi connectivity index (χ1n) is 6.80. The third kappa shape index (κ3) is 4.03. The van der Waals surface area contributed by atoms with Crippen LogP contribution in [0.5, 0.6) is 0 Å². The van der Waals surface area contributed by atoms with E-state index in [2.05, 4.69) is 4.72 Å². The lowest BCUT2D eigenvalue weighted by Crippen LogP contribution is -2.25. The number of aryl methyl sites for hydroxylation is 1. The fourth-order valence-corrected chi connectivity index (χ4v) is 3.00. The van der Waals surface area contributed by atoms with E-state index >= 15 is 0 Å². The van der Waals surface area contributed by atoms with Crippen molar-refractivity contribution < 1.29 is 8.42 Å². The van der Waals surface area contributed by atoms with Crippen LogP contribution in [0.3, 0.4) is 0 Å². The zero-order valence-electron chi connectivity index (χ0n) is 12.2. The SMILES string of the molecule is CC=C(CNS(=O)(=O)c1ccc(C)cc1)c1ccccc1. The first-order chi connectivity index (χ1) is 10.0. The van der Waals surface area contributed by atoms with Gasteiger partial charge in [-0.3, -0.25) is 0 Å². The maximum atomic E-state index is 12.3. The summed E-state index contributed by atoms with van der Waals surface area (Å²) in [6.45, 7) is 4.11. The first kappa shape index (κ1) is 15.5. The molecule has 2 rings (SSSR count). The van der Waals surface area contributed by atoms with Gasteiger partial charge in [0.1, 0.15) is 0 Å². The van der Waals surface area contributed by atoms with Gasteiger partial charge in [-0.2, -0.15) is 0 Å². The van der Waals surface area contributed by atoms with Gasteiger partial charge in [-0.25, -0.2) is 13.1 Å². The maximum absolute atomic E-state index is 12.3. The molecule has 0 aliphatic heterocycles. The molecule has 0 amide bonds. The minimum atomic E-state index is -3.48. The van der Waals surface area contributed by atoms with Gasteiger partial charge in [-0.05, 0) is 37.1 Å². The van der Waals surface area contributed by atoms with Gasteiger partial charge < -0.3 is 0 Å². The van der Waals surface area contributed by atoms with Crippen molar-refractivity contribution in [2.45, 2.75) is 18.7 Å². The van der Waals surface area contributed by atoms with Gasteiger partial charge in [-0.1, -0.05) is 54.1 Å². The van der Waals surface area contributed by atoms with E-state index in [-0.39, 0.29) is 11.4 Å². The normalized spacial score (nSPS) is 12.4. The largest absolute Gasteiger partial charge is 0.240 e. The Bertz CT molecular complexity index is 717. The molecule has 0 bridgehead atoms. The molecule has 4 heteroatoms. The van der Waals surface area contributed by atoms with Crippen LogP contribution >= 0.6 is 0 Å². The van der Waals surface area contributed by atoms with Crippen LogP contribution in [0.15, 0.2) is 65.6 Å². The molecule has 0 heterocycles. The summed E-state index contributed by atoms with van der Waals surface area (Å²) in [6.07, 6.45) is 1.92. The van der Waals surface area contributed by atoms with Gasteiger partial charge in [-0.15, -0.1) is 0 Å². The van der Waals surface area contributed by atoms with Gasteiger partial charge in [0.15, 0.2) is 0 Å². The highest BCUT2D eigenvalue weighted by molar-refractivity contribution is 7.89.